The molecule has 4 nitrogen and oxygen atoms in total. The van der Waals surface area contributed by atoms with Crippen LogP contribution in [0.1, 0.15) is 11.3 Å². The van der Waals surface area contributed by atoms with E-state index in [1.54, 1.807) is 23.9 Å². The molecule has 2 radical (unpaired) electrons. The van der Waals surface area contributed by atoms with E-state index in [0.717, 1.165) is 40.3 Å². The summed E-state index contributed by atoms with van der Waals surface area (Å²) in [5.41, 5.74) is 4.60. The normalized spacial score (nSPS) is 13.4. The van der Waals surface area contributed by atoms with Crippen LogP contribution in [-0.2, 0) is 12.2 Å². The number of phenolic OH excluding ortho intramolecular Hbond substituents is 1. The average Bonchev–Trinajstić information content (AvgIpc) is 2.62. The summed E-state index contributed by atoms with van der Waals surface area (Å²) in [6.45, 7) is 0. The third kappa shape index (κ3) is 3.09. The van der Waals surface area contributed by atoms with Crippen molar-refractivity contribution in [2.45, 2.75) is 12.2 Å². The molecule has 0 spiro atoms. The van der Waals surface area contributed by atoms with Gasteiger partial charge in [-0.15, -0.1) is 0 Å². The fraction of sp³-hybridized carbons (Fsp3) is 0.158. The van der Waals surface area contributed by atoms with Crippen LogP contribution in [0.15, 0.2) is 47.3 Å². The molecule has 2 aromatic carbocycles. The van der Waals surface area contributed by atoms with Crippen molar-refractivity contribution >= 4 is 25.1 Å². The average molecular weight is 346 g/mol. The molecule has 1 aromatic heterocycles. The number of aromatic nitrogens is 2. The molecule has 0 fully saturated rings. The van der Waals surface area contributed by atoms with Crippen molar-refractivity contribution in [2.24, 2.45) is 0 Å². The van der Waals surface area contributed by atoms with E-state index in [9.17, 15) is 9.90 Å². The Morgan fingerprint density at radius 3 is 2.64 bits per heavy atom. The Hall–Kier alpha value is -2.47. The third-order valence-electron chi connectivity index (χ3n) is 4.32. The van der Waals surface area contributed by atoms with Gasteiger partial charge in [0.15, 0.2) is 0 Å². The molecule has 0 atom stereocenters. The molecule has 0 saturated carbocycles. The van der Waals surface area contributed by atoms with Gasteiger partial charge in [-0.1, -0.05) is 41.9 Å². The molecule has 0 aliphatic carbocycles. The fourth-order valence-corrected chi connectivity index (χ4v) is 3.96. The summed E-state index contributed by atoms with van der Waals surface area (Å²) in [6.07, 6.45) is 0.828. The lowest BCUT2D eigenvalue weighted by Crippen LogP contribution is -2.21. The first-order valence-electron chi connectivity index (χ1n) is 8.01. The Morgan fingerprint density at radius 2 is 1.88 bits per heavy atom. The van der Waals surface area contributed by atoms with Gasteiger partial charge >= 0.3 is 0 Å². The number of aromatic amines is 1. The first-order chi connectivity index (χ1) is 12.1. The minimum atomic E-state index is -0.0487. The number of aryl methyl sites for hydroxylation is 1. The predicted molar refractivity (Wildman–Crippen MR) is 103 cm³/mol. The van der Waals surface area contributed by atoms with Crippen LogP contribution in [0.2, 0.25) is 0 Å². The van der Waals surface area contributed by atoms with Crippen molar-refractivity contribution < 1.29 is 5.11 Å². The first kappa shape index (κ1) is 16.0. The number of phenols is 1. The monoisotopic (exact) mass is 346 g/mol. The Morgan fingerprint density at radius 1 is 1.12 bits per heavy atom. The number of hydrogen-bond acceptors (Lipinski definition) is 4. The van der Waals surface area contributed by atoms with Gasteiger partial charge in [0.25, 0.3) is 5.56 Å². The molecule has 0 saturated heterocycles. The van der Waals surface area contributed by atoms with Gasteiger partial charge in [0.05, 0.1) is 5.69 Å². The largest absolute Gasteiger partial charge is 0.507 e. The fourth-order valence-electron chi connectivity index (χ4n) is 2.98. The van der Waals surface area contributed by atoms with Crippen molar-refractivity contribution in [3.63, 3.8) is 0 Å². The van der Waals surface area contributed by atoms with E-state index in [1.807, 2.05) is 24.3 Å². The van der Waals surface area contributed by atoms with Gasteiger partial charge in [-0.2, -0.15) is 11.8 Å². The molecule has 1 aliphatic heterocycles. The first-order valence-corrected chi connectivity index (χ1v) is 9.16. The van der Waals surface area contributed by atoms with Gasteiger partial charge in [-0.05, 0) is 23.8 Å². The molecule has 0 bridgehead atoms. The Bertz CT molecular complexity index is 999. The van der Waals surface area contributed by atoms with Crippen LogP contribution in [0, 0.1) is 0 Å². The van der Waals surface area contributed by atoms with E-state index in [2.05, 4.69) is 9.97 Å². The van der Waals surface area contributed by atoms with Crippen LogP contribution < -0.4 is 11.0 Å². The molecule has 0 amide bonds. The molecular weight excluding hydrogens is 331 g/mol. The third-order valence-corrected chi connectivity index (χ3v) is 5.31. The Balaban J connectivity index is 1.71. The van der Waals surface area contributed by atoms with Gasteiger partial charge < -0.3 is 10.1 Å². The molecular formula is C19H15BN2O2S. The summed E-state index contributed by atoms with van der Waals surface area (Å²) in [5, 5.41) is 10.1. The lowest BCUT2D eigenvalue weighted by atomic mass is 9.92. The molecule has 4 rings (SSSR count). The summed E-state index contributed by atoms with van der Waals surface area (Å²) in [6, 6.07) is 12.7. The van der Waals surface area contributed by atoms with Crippen LogP contribution in [0.5, 0.6) is 5.75 Å². The maximum Gasteiger partial charge on any atom is 0.255 e. The number of aromatic hydroxyl groups is 1. The van der Waals surface area contributed by atoms with Crippen LogP contribution in [0.3, 0.4) is 0 Å². The molecule has 2 heterocycles. The zero-order chi connectivity index (χ0) is 17.4. The summed E-state index contributed by atoms with van der Waals surface area (Å²) in [4.78, 5) is 19.8. The van der Waals surface area contributed by atoms with Crippen molar-refractivity contribution in [3.05, 3.63) is 64.1 Å². The lowest BCUT2D eigenvalue weighted by Gasteiger charge is -2.14. The van der Waals surface area contributed by atoms with Crippen molar-refractivity contribution in [1.82, 2.24) is 9.97 Å². The summed E-state index contributed by atoms with van der Waals surface area (Å²) < 4.78 is 0. The molecule has 122 valence electrons. The second kappa shape index (κ2) is 6.45. The van der Waals surface area contributed by atoms with Gasteiger partial charge in [-0.25, -0.2) is 4.98 Å². The summed E-state index contributed by atoms with van der Waals surface area (Å²) >= 11 is 1.76. The number of hydrogen-bond donors (Lipinski definition) is 2. The highest BCUT2D eigenvalue weighted by molar-refractivity contribution is 7.98. The van der Waals surface area contributed by atoms with Gasteiger partial charge in [0, 0.05) is 22.4 Å². The SMILES string of the molecule is [B]c1ccc(-c2ccc(-c3nc4c(c(=O)[nH]3)CSCC4)cc2)c(O)c1. The highest BCUT2D eigenvalue weighted by Crippen LogP contribution is 2.29. The minimum Gasteiger partial charge on any atom is -0.507 e. The summed E-state index contributed by atoms with van der Waals surface area (Å²) in [7, 11) is 5.67. The second-order valence-electron chi connectivity index (χ2n) is 6.00. The van der Waals surface area contributed by atoms with Crippen LogP contribution >= 0.6 is 11.8 Å². The smallest absolute Gasteiger partial charge is 0.255 e. The lowest BCUT2D eigenvalue weighted by molar-refractivity contribution is 0.478. The van der Waals surface area contributed by atoms with Crippen molar-refractivity contribution in [2.75, 3.05) is 5.75 Å². The van der Waals surface area contributed by atoms with E-state index >= 15 is 0 Å². The highest BCUT2D eigenvalue weighted by atomic mass is 32.2. The minimum absolute atomic E-state index is 0.0487. The predicted octanol–water partition coefficient (Wildman–Crippen LogP) is 2.39. The molecule has 0 unspecified atom stereocenters. The van der Waals surface area contributed by atoms with Crippen molar-refractivity contribution in [3.8, 4) is 28.3 Å². The van der Waals surface area contributed by atoms with E-state index in [-0.39, 0.29) is 11.3 Å². The Labute approximate surface area is 150 Å². The van der Waals surface area contributed by atoms with Gasteiger partial charge in [0.2, 0.25) is 0 Å². The van der Waals surface area contributed by atoms with Crippen LogP contribution in [0.4, 0.5) is 0 Å². The maximum atomic E-state index is 12.3. The van der Waals surface area contributed by atoms with Gasteiger partial charge in [-0.3, -0.25) is 4.79 Å². The molecule has 3 aromatic rings. The van der Waals surface area contributed by atoms with Crippen molar-refractivity contribution in [1.29, 1.82) is 0 Å². The highest BCUT2D eigenvalue weighted by Gasteiger charge is 2.16. The molecule has 25 heavy (non-hydrogen) atoms. The second-order valence-corrected chi connectivity index (χ2v) is 7.10. The van der Waals surface area contributed by atoms with E-state index in [1.165, 1.54) is 6.07 Å². The number of thioether (sulfide) groups is 1. The quantitative estimate of drug-likeness (QED) is 0.700. The standard InChI is InChI=1S/C19H15BN2O2S/c20-13-5-6-14(17(23)9-13)11-1-3-12(4-2-11)18-21-16-7-8-25-10-15(16)19(24)22-18/h1-6,9,23H,7-8,10H2,(H,21,22,24). The topological polar surface area (TPSA) is 66.0 Å². The molecule has 6 heteroatoms. The number of rotatable bonds is 2. The van der Waals surface area contributed by atoms with E-state index in [4.69, 9.17) is 7.85 Å². The summed E-state index contributed by atoms with van der Waals surface area (Å²) in [5.74, 6) is 2.46. The van der Waals surface area contributed by atoms with E-state index < -0.39 is 0 Å². The number of nitrogens with zero attached hydrogens (tertiary/aromatic N) is 1. The maximum absolute atomic E-state index is 12.3. The number of fused-ring (bicyclic) bond motifs is 1. The van der Waals surface area contributed by atoms with Gasteiger partial charge in [0.1, 0.15) is 19.4 Å². The number of nitrogens with one attached hydrogen (secondary N) is 1. The molecule has 1 aliphatic rings. The zero-order valence-corrected chi connectivity index (χ0v) is 14.3. The molecule has 2 N–H and O–H groups in total. The zero-order valence-electron chi connectivity index (χ0n) is 13.5. The number of H-pyrrole nitrogens is 1. The van der Waals surface area contributed by atoms with E-state index in [0.29, 0.717) is 16.9 Å². The van der Waals surface area contributed by atoms with Crippen LogP contribution in [0.25, 0.3) is 22.5 Å². The van der Waals surface area contributed by atoms with Crippen LogP contribution in [-0.4, -0.2) is 28.7 Å². The number of benzene rings is 2. The Kier molecular flexibility index (Phi) is 4.13.